The number of ether oxygens (including phenoxy) is 3. The van der Waals surface area contributed by atoms with Gasteiger partial charge in [-0.2, -0.15) is 0 Å². The highest BCUT2D eigenvalue weighted by Crippen LogP contribution is 2.37. The molecule has 0 radical (unpaired) electrons. The second-order valence-electron chi connectivity index (χ2n) is 3.67. The predicted molar refractivity (Wildman–Crippen MR) is 68.5 cm³/mol. The smallest absolute Gasteiger partial charge is 0.374 e. The van der Waals surface area contributed by atoms with Crippen LogP contribution in [-0.4, -0.2) is 37.3 Å². The van der Waals surface area contributed by atoms with Crippen LogP contribution < -0.4 is 9.47 Å². The number of carbonyl (C=O) groups excluding carboxylic acids is 1. The summed E-state index contributed by atoms with van der Waals surface area (Å²) in [6.45, 7) is 0. The first kappa shape index (κ1) is 12.9. The van der Waals surface area contributed by atoms with Crippen LogP contribution in [0.3, 0.4) is 0 Å². The van der Waals surface area contributed by atoms with Gasteiger partial charge in [-0.1, -0.05) is 6.07 Å². The van der Waals surface area contributed by atoms with Gasteiger partial charge < -0.3 is 19.2 Å². The molecule has 6 nitrogen and oxygen atoms in total. The molecule has 0 aliphatic heterocycles. The molecule has 0 aliphatic carbocycles. The van der Waals surface area contributed by atoms with Gasteiger partial charge in [0.05, 0.1) is 38.8 Å². The summed E-state index contributed by atoms with van der Waals surface area (Å²) in [6, 6.07) is 5.42. The number of hydrogen-bond donors (Lipinski definition) is 1. The predicted octanol–water partition coefficient (Wildman–Crippen LogP) is 1.88. The lowest BCUT2D eigenvalue weighted by Crippen LogP contribution is -2.03. The third-order valence-electron chi connectivity index (χ3n) is 2.65. The Hall–Kier alpha value is -2.50. The highest BCUT2D eigenvalue weighted by molar-refractivity contribution is 5.86. The van der Waals surface area contributed by atoms with E-state index in [2.05, 4.69) is 14.7 Å². The molecule has 0 spiro atoms. The summed E-state index contributed by atoms with van der Waals surface area (Å²) < 4.78 is 15.2. The fourth-order valence-electron chi connectivity index (χ4n) is 1.77. The SMILES string of the molecule is COC(=O)c1ncc(-c2c(OC)cccc2OC)[nH]1. The Morgan fingerprint density at radius 1 is 1.16 bits per heavy atom. The molecule has 0 amide bonds. The van der Waals surface area contributed by atoms with E-state index in [-0.39, 0.29) is 5.82 Å². The molecule has 2 rings (SSSR count). The molecule has 1 aromatic heterocycles. The van der Waals surface area contributed by atoms with E-state index >= 15 is 0 Å². The van der Waals surface area contributed by atoms with Gasteiger partial charge in [-0.15, -0.1) is 0 Å². The minimum atomic E-state index is -0.528. The first-order valence-electron chi connectivity index (χ1n) is 5.56. The van der Waals surface area contributed by atoms with E-state index in [9.17, 15) is 4.79 Å². The highest BCUT2D eigenvalue weighted by atomic mass is 16.5. The number of H-pyrrole nitrogens is 1. The molecule has 6 heteroatoms. The van der Waals surface area contributed by atoms with Gasteiger partial charge in [0.2, 0.25) is 5.82 Å². The summed E-state index contributed by atoms with van der Waals surface area (Å²) in [5.41, 5.74) is 1.32. The molecule has 0 saturated heterocycles. The Labute approximate surface area is 110 Å². The van der Waals surface area contributed by atoms with Crippen molar-refractivity contribution in [2.75, 3.05) is 21.3 Å². The molecule has 19 heavy (non-hydrogen) atoms. The quantitative estimate of drug-likeness (QED) is 0.851. The Bertz CT molecular complexity index is 570. The molecule has 0 fully saturated rings. The third-order valence-corrected chi connectivity index (χ3v) is 2.65. The molecule has 1 N–H and O–H groups in total. The van der Waals surface area contributed by atoms with Gasteiger partial charge in [-0.25, -0.2) is 9.78 Å². The van der Waals surface area contributed by atoms with E-state index in [1.807, 2.05) is 6.07 Å². The molecule has 0 saturated carbocycles. The first-order chi connectivity index (χ1) is 9.21. The number of nitrogens with zero attached hydrogens (tertiary/aromatic N) is 1. The van der Waals surface area contributed by atoms with Crippen LogP contribution in [0.2, 0.25) is 0 Å². The maximum absolute atomic E-state index is 11.4. The van der Waals surface area contributed by atoms with Crippen molar-refractivity contribution >= 4 is 5.97 Å². The van der Waals surface area contributed by atoms with Crippen LogP contribution >= 0.6 is 0 Å². The number of aromatic nitrogens is 2. The van der Waals surface area contributed by atoms with Crippen molar-refractivity contribution in [3.8, 4) is 22.8 Å². The number of esters is 1. The van der Waals surface area contributed by atoms with Crippen LogP contribution in [0.25, 0.3) is 11.3 Å². The maximum atomic E-state index is 11.4. The zero-order valence-electron chi connectivity index (χ0n) is 10.9. The summed E-state index contributed by atoms with van der Waals surface area (Å²) in [5.74, 6) is 0.851. The average Bonchev–Trinajstić information content (AvgIpc) is 2.94. The lowest BCUT2D eigenvalue weighted by molar-refractivity contribution is 0.0588. The molecule has 100 valence electrons. The van der Waals surface area contributed by atoms with E-state index in [4.69, 9.17) is 9.47 Å². The van der Waals surface area contributed by atoms with Gasteiger partial charge in [0.25, 0.3) is 0 Å². The molecule has 0 aliphatic rings. The van der Waals surface area contributed by atoms with Crippen LogP contribution in [0.1, 0.15) is 10.6 Å². The summed E-state index contributed by atoms with van der Waals surface area (Å²) in [6.07, 6.45) is 1.53. The lowest BCUT2D eigenvalue weighted by atomic mass is 10.1. The molecular formula is C13H14N2O4. The summed E-state index contributed by atoms with van der Waals surface area (Å²) in [7, 11) is 4.43. The van der Waals surface area contributed by atoms with Crippen molar-refractivity contribution in [2.24, 2.45) is 0 Å². The normalized spacial score (nSPS) is 10.1. The summed E-state index contributed by atoms with van der Waals surface area (Å²) in [4.78, 5) is 18.2. The number of aromatic amines is 1. The second-order valence-corrected chi connectivity index (χ2v) is 3.67. The van der Waals surface area contributed by atoms with Crippen LogP contribution in [0.5, 0.6) is 11.5 Å². The number of methoxy groups -OCH3 is 3. The van der Waals surface area contributed by atoms with Crippen LogP contribution in [0.4, 0.5) is 0 Å². The molecule has 2 aromatic rings. The summed E-state index contributed by atoms with van der Waals surface area (Å²) in [5, 5.41) is 0. The minimum absolute atomic E-state index is 0.130. The Morgan fingerprint density at radius 2 is 1.79 bits per heavy atom. The minimum Gasteiger partial charge on any atom is -0.496 e. The van der Waals surface area contributed by atoms with E-state index in [1.165, 1.54) is 13.3 Å². The molecule has 0 unspecified atom stereocenters. The monoisotopic (exact) mass is 262 g/mol. The van der Waals surface area contributed by atoms with Crippen molar-refractivity contribution < 1.29 is 19.0 Å². The first-order valence-corrected chi connectivity index (χ1v) is 5.56. The Kier molecular flexibility index (Phi) is 3.70. The van der Waals surface area contributed by atoms with Crippen molar-refractivity contribution in [3.63, 3.8) is 0 Å². The molecular weight excluding hydrogens is 248 g/mol. The van der Waals surface area contributed by atoms with Crippen molar-refractivity contribution in [2.45, 2.75) is 0 Å². The van der Waals surface area contributed by atoms with Crippen molar-refractivity contribution in [3.05, 3.63) is 30.2 Å². The number of rotatable bonds is 4. The van der Waals surface area contributed by atoms with Crippen LogP contribution in [0, 0.1) is 0 Å². The second kappa shape index (κ2) is 5.43. The van der Waals surface area contributed by atoms with Crippen LogP contribution in [0.15, 0.2) is 24.4 Å². The topological polar surface area (TPSA) is 73.4 Å². The number of carbonyl (C=O) groups is 1. The number of hydrogen-bond acceptors (Lipinski definition) is 5. The van der Waals surface area contributed by atoms with Crippen molar-refractivity contribution in [1.82, 2.24) is 9.97 Å². The number of benzene rings is 1. The van der Waals surface area contributed by atoms with Gasteiger partial charge in [0, 0.05) is 0 Å². The maximum Gasteiger partial charge on any atom is 0.374 e. The zero-order chi connectivity index (χ0) is 13.8. The van der Waals surface area contributed by atoms with Crippen molar-refractivity contribution in [1.29, 1.82) is 0 Å². The third kappa shape index (κ3) is 2.37. The van der Waals surface area contributed by atoms with Crippen LogP contribution in [-0.2, 0) is 4.74 Å². The Balaban J connectivity index is 2.51. The molecule has 0 atom stereocenters. The lowest BCUT2D eigenvalue weighted by Gasteiger charge is -2.11. The van der Waals surface area contributed by atoms with Gasteiger partial charge >= 0.3 is 5.97 Å². The molecule has 1 heterocycles. The highest BCUT2D eigenvalue weighted by Gasteiger charge is 2.17. The number of nitrogens with one attached hydrogen (secondary N) is 1. The fourth-order valence-corrected chi connectivity index (χ4v) is 1.77. The summed E-state index contributed by atoms with van der Waals surface area (Å²) >= 11 is 0. The fraction of sp³-hybridized carbons (Fsp3) is 0.231. The van der Waals surface area contributed by atoms with E-state index in [0.717, 1.165) is 0 Å². The average molecular weight is 262 g/mol. The largest absolute Gasteiger partial charge is 0.496 e. The van der Waals surface area contributed by atoms with Gasteiger partial charge in [-0.3, -0.25) is 0 Å². The van der Waals surface area contributed by atoms with E-state index in [0.29, 0.717) is 22.8 Å². The Morgan fingerprint density at radius 3 is 2.32 bits per heavy atom. The number of imidazole rings is 1. The zero-order valence-corrected chi connectivity index (χ0v) is 10.9. The molecule has 1 aromatic carbocycles. The standard InChI is InChI=1S/C13H14N2O4/c1-17-9-5-4-6-10(18-2)11(9)8-7-14-12(15-8)13(16)19-3/h4-7H,1-3H3,(H,14,15). The van der Waals surface area contributed by atoms with Gasteiger partial charge in [0.1, 0.15) is 11.5 Å². The van der Waals surface area contributed by atoms with E-state index < -0.39 is 5.97 Å². The van der Waals surface area contributed by atoms with Gasteiger partial charge in [-0.05, 0) is 12.1 Å². The molecule has 0 bridgehead atoms. The van der Waals surface area contributed by atoms with E-state index in [1.54, 1.807) is 26.4 Å². The van der Waals surface area contributed by atoms with Gasteiger partial charge in [0.15, 0.2) is 0 Å².